The highest BCUT2D eigenvalue weighted by Crippen LogP contribution is 2.31. The molecule has 2 aliphatic rings. The first-order valence-corrected chi connectivity index (χ1v) is 7.78. The van der Waals surface area contributed by atoms with Crippen molar-refractivity contribution in [2.75, 3.05) is 39.3 Å². The first-order chi connectivity index (χ1) is 10.3. The van der Waals surface area contributed by atoms with E-state index in [1.54, 1.807) is 4.90 Å². The van der Waals surface area contributed by atoms with Gasteiger partial charge in [0.2, 0.25) is 6.10 Å². The molecule has 5 nitrogen and oxygen atoms in total. The monoisotopic (exact) mass is 291 g/mol. The summed E-state index contributed by atoms with van der Waals surface area (Å²) in [6.45, 7) is 7.39. The van der Waals surface area contributed by atoms with Crippen LogP contribution in [0.2, 0.25) is 0 Å². The highest BCUT2D eigenvalue weighted by molar-refractivity contribution is 5.82. The van der Waals surface area contributed by atoms with Crippen LogP contribution in [0, 0.1) is 0 Å². The molecule has 0 aromatic heterocycles. The Hall–Kier alpha value is -1.75. The Morgan fingerprint density at radius 2 is 2.00 bits per heavy atom. The van der Waals surface area contributed by atoms with Crippen molar-refractivity contribution in [1.29, 1.82) is 0 Å². The molecule has 1 aromatic carbocycles. The summed E-state index contributed by atoms with van der Waals surface area (Å²) >= 11 is 0. The zero-order valence-electron chi connectivity index (χ0n) is 12.5. The van der Waals surface area contributed by atoms with E-state index in [9.17, 15) is 4.79 Å². The third kappa shape index (κ3) is 3.13. The number of carbonyl (C=O) groups is 1. The van der Waals surface area contributed by atoms with Crippen molar-refractivity contribution in [3.63, 3.8) is 0 Å². The van der Waals surface area contributed by atoms with Gasteiger partial charge in [-0.05, 0) is 18.6 Å². The number of amides is 1. The van der Waals surface area contributed by atoms with E-state index in [1.165, 1.54) is 13.0 Å². The third-order valence-electron chi connectivity index (χ3n) is 4.17. The van der Waals surface area contributed by atoms with Crippen molar-refractivity contribution in [3.05, 3.63) is 24.3 Å². The maximum atomic E-state index is 12.5. The smallest absolute Gasteiger partial charge is 0.267 e. The molecule has 5 heteroatoms. The number of piperazine rings is 1. The van der Waals surface area contributed by atoms with Gasteiger partial charge in [-0.25, -0.2) is 0 Å². The maximum Gasteiger partial charge on any atom is 0.267 e. The van der Waals surface area contributed by atoms with Gasteiger partial charge in [0.1, 0.15) is 6.61 Å². The van der Waals surface area contributed by atoms with E-state index in [-0.39, 0.29) is 5.91 Å². The summed E-state index contributed by atoms with van der Waals surface area (Å²) in [6.07, 6.45) is 0.687. The van der Waals surface area contributed by atoms with Gasteiger partial charge in [-0.3, -0.25) is 4.79 Å². The van der Waals surface area contributed by atoms with Crippen LogP contribution >= 0.6 is 0 Å². The minimum atomic E-state index is -0.507. The average molecular weight is 291 g/mol. The van der Waals surface area contributed by atoms with Gasteiger partial charge in [0.05, 0.1) is 32.7 Å². The average Bonchev–Trinajstić information content (AvgIpc) is 2.55. The zero-order chi connectivity index (χ0) is 14.7. The Labute approximate surface area is 125 Å². The van der Waals surface area contributed by atoms with Gasteiger partial charge >= 0.3 is 0 Å². The third-order valence-corrected chi connectivity index (χ3v) is 4.17. The molecule has 0 radical (unpaired) electrons. The van der Waals surface area contributed by atoms with Crippen LogP contribution in [0.5, 0.6) is 11.5 Å². The SMILES string of the molecule is CCC[NH+]1CCN(C(=O)[C@@H]2COc3ccccc3O2)CC1. The molecule has 2 aliphatic heterocycles. The summed E-state index contributed by atoms with van der Waals surface area (Å²) in [6, 6.07) is 7.50. The lowest BCUT2D eigenvalue weighted by atomic mass is 10.2. The number of benzene rings is 1. The summed E-state index contributed by atoms with van der Waals surface area (Å²) in [5.41, 5.74) is 0. The van der Waals surface area contributed by atoms with Crippen LogP contribution in [0.4, 0.5) is 0 Å². The number of nitrogens with zero attached hydrogens (tertiary/aromatic N) is 1. The van der Waals surface area contributed by atoms with E-state index in [1.807, 2.05) is 29.2 Å². The quantitative estimate of drug-likeness (QED) is 0.850. The molecule has 3 rings (SSSR count). The van der Waals surface area contributed by atoms with Gasteiger partial charge in [-0.15, -0.1) is 0 Å². The second-order valence-electron chi connectivity index (χ2n) is 5.69. The van der Waals surface area contributed by atoms with Gasteiger partial charge < -0.3 is 19.3 Å². The first-order valence-electron chi connectivity index (χ1n) is 7.78. The second-order valence-corrected chi connectivity index (χ2v) is 5.69. The van der Waals surface area contributed by atoms with E-state index in [0.717, 1.165) is 31.9 Å². The lowest BCUT2D eigenvalue weighted by Crippen LogP contribution is -3.14. The summed E-state index contributed by atoms with van der Waals surface area (Å²) in [5.74, 6) is 1.44. The molecular formula is C16H23N2O3+. The van der Waals surface area contributed by atoms with Gasteiger partial charge in [0.15, 0.2) is 11.5 Å². The topological polar surface area (TPSA) is 43.2 Å². The van der Waals surface area contributed by atoms with Gasteiger partial charge in [-0.1, -0.05) is 19.1 Å². The molecule has 1 fully saturated rings. The molecule has 1 aromatic rings. The predicted octanol–water partition coefficient (Wildman–Crippen LogP) is -0.0365. The van der Waals surface area contributed by atoms with E-state index in [2.05, 4.69) is 6.92 Å². The number of hydrogen-bond acceptors (Lipinski definition) is 3. The van der Waals surface area contributed by atoms with Crippen molar-refractivity contribution < 1.29 is 19.2 Å². The molecule has 1 saturated heterocycles. The molecule has 1 N–H and O–H groups in total. The molecule has 21 heavy (non-hydrogen) atoms. The van der Waals surface area contributed by atoms with Crippen LogP contribution in [0.3, 0.4) is 0 Å². The van der Waals surface area contributed by atoms with Crippen molar-refractivity contribution in [2.24, 2.45) is 0 Å². The van der Waals surface area contributed by atoms with Crippen LogP contribution < -0.4 is 14.4 Å². The largest absolute Gasteiger partial charge is 0.485 e. The normalized spacial score (nSPS) is 22.1. The standard InChI is InChI=1S/C16H22N2O3/c1-2-7-17-8-10-18(11-9-17)16(19)15-12-20-13-5-3-4-6-14(13)21-15/h3-6,15H,2,7-12H2,1H3/p+1/t15-/m0/s1. The Kier molecular flexibility index (Phi) is 4.29. The molecule has 0 spiro atoms. The predicted molar refractivity (Wildman–Crippen MR) is 78.8 cm³/mol. The molecule has 1 amide bonds. The fourth-order valence-corrected chi connectivity index (χ4v) is 2.99. The van der Waals surface area contributed by atoms with E-state index in [4.69, 9.17) is 9.47 Å². The minimum absolute atomic E-state index is 0.0556. The molecule has 0 bridgehead atoms. The van der Waals surface area contributed by atoms with Crippen molar-refractivity contribution in [3.8, 4) is 11.5 Å². The lowest BCUT2D eigenvalue weighted by Gasteiger charge is -2.35. The summed E-state index contributed by atoms with van der Waals surface area (Å²) < 4.78 is 11.4. The molecule has 1 atom stereocenters. The number of carbonyl (C=O) groups excluding carboxylic acids is 1. The number of fused-ring (bicyclic) bond motifs is 1. The Balaban J connectivity index is 1.57. The van der Waals surface area contributed by atoms with Crippen molar-refractivity contribution >= 4 is 5.91 Å². The number of rotatable bonds is 3. The van der Waals surface area contributed by atoms with Crippen LogP contribution in [0.15, 0.2) is 24.3 Å². The molecule has 114 valence electrons. The molecule has 0 saturated carbocycles. The van der Waals surface area contributed by atoms with Crippen LogP contribution in [-0.4, -0.2) is 56.2 Å². The van der Waals surface area contributed by atoms with Gasteiger partial charge in [0.25, 0.3) is 5.91 Å². The second kappa shape index (κ2) is 6.35. The molecule has 0 aliphatic carbocycles. The number of quaternary nitrogens is 1. The van der Waals surface area contributed by atoms with Crippen molar-refractivity contribution in [2.45, 2.75) is 19.4 Å². The maximum absolute atomic E-state index is 12.5. The summed E-state index contributed by atoms with van der Waals surface area (Å²) in [4.78, 5) is 16.0. The number of para-hydroxylation sites is 2. The van der Waals surface area contributed by atoms with Crippen LogP contribution in [-0.2, 0) is 4.79 Å². The van der Waals surface area contributed by atoms with E-state index < -0.39 is 6.10 Å². The van der Waals surface area contributed by atoms with Gasteiger partial charge in [0, 0.05) is 0 Å². The van der Waals surface area contributed by atoms with Crippen molar-refractivity contribution in [1.82, 2.24) is 4.90 Å². The first kappa shape index (κ1) is 14.2. The highest BCUT2D eigenvalue weighted by Gasteiger charge is 2.33. The highest BCUT2D eigenvalue weighted by atomic mass is 16.6. The Morgan fingerprint density at radius 1 is 1.29 bits per heavy atom. The fourth-order valence-electron chi connectivity index (χ4n) is 2.99. The van der Waals surface area contributed by atoms with Crippen LogP contribution in [0.25, 0.3) is 0 Å². The van der Waals surface area contributed by atoms with E-state index in [0.29, 0.717) is 12.4 Å². The zero-order valence-corrected chi connectivity index (χ0v) is 12.5. The summed E-state index contributed by atoms with van der Waals surface area (Å²) in [7, 11) is 0. The Bertz CT molecular complexity index is 498. The molecule has 0 unspecified atom stereocenters. The number of nitrogens with one attached hydrogen (secondary N) is 1. The molecular weight excluding hydrogens is 268 g/mol. The fraction of sp³-hybridized carbons (Fsp3) is 0.562. The minimum Gasteiger partial charge on any atom is -0.485 e. The molecule has 2 heterocycles. The summed E-state index contributed by atoms with van der Waals surface area (Å²) in [5, 5.41) is 0. The lowest BCUT2D eigenvalue weighted by molar-refractivity contribution is -0.904. The Morgan fingerprint density at radius 3 is 2.71 bits per heavy atom. The van der Waals surface area contributed by atoms with Gasteiger partial charge in [-0.2, -0.15) is 0 Å². The number of ether oxygens (including phenoxy) is 2. The van der Waals surface area contributed by atoms with E-state index >= 15 is 0 Å². The van der Waals surface area contributed by atoms with Crippen LogP contribution in [0.1, 0.15) is 13.3 Å². The number of hydrogen-bond donors (Lipinski definition) is 1.